The second-order valence-electron chi connectivity index (χ2n) is 4.52. The maximum absolute atomic E-state index is 6.00. The molecule has 0 spiro atoms. The van der Waals surface area contributed by atoms with Crippen molar-refractivity contribution in [3.63, 3.8) is 0 Å². The minimum Gasteiger partial charge on any atom is -0.255 e. The molecule has 0 bridgehead atoms. The van der Waals surface area contributed by atoms with Gasteiger partial charge in [0, 0.05) is 0 Å². The number of hydrogen-bond donors (Lipinski definition) is 2. The first-order valence-electron chi connectivity index (χ1n) is 6.09. The summed E-state index contributed by atoms with van der Waals surface area (Å²) in [5, 5.41) is 12.0. The molecule has 2 aromatic carbocycles. The standard InChI is InChI=1S/C16H18.H2O2/c1-13(2)16-11-7-6-10-15(16)12-14-8-4-3-5-9-14;1-2/h3-11,13H,12H2,1-2H3;1-2H. The van der Waals surface area contributed by atoms with Gasteiger partial charge in [0.1, 0.15) is 0 Å². The Kier molecular flexibility index (Phi) is 6.12. The van der Waals surface area contributed by atoms with Crippen molar-refractivity contribution in [1.82, 2.24) is 0 Å². The Morgan fingerprint density at radius 2 is 1.39 bits per heavy atom. The zero-order valence-corrected chi connectivity index (χ0v) is 10.9. The van der Waals surface area contributed by atoms with Crippen LogP contribution in [0, 0.1) is 0 Å². The van der Waals surface area contributed by atoms with Gasteiger partial charge < -0.3 is 0 Å². The molecular formula is C16H20O2. The van der Waals surface area contributed by atoms with E-state index < -0.39 is 0 Å². The maximum Gasteiger partial charge on any atom is -0.00229 e. The third-order valence-corrected chi connectivity index (χ3v) is 2.91. The Labute approximate surface area is 108 Å². The highest BCUT2D eigenvalue weighted by atomic mass is 17.0. The van der Waals surface area contributed by atoms with Gasteiger partial charge in [-0.3, -0.25) is 10.5 Å². The summed E-state index contributed by atoms with van der Waals surface area (Å²) in [6.45, 7) is 4.51. The van der Waals surface area contributed by atoms with Crippen LogP contribution in [0.4, 0.5) is 0 Å². The molecule has 0 saturated carbocycles. The van der Waals surface area contributed by atoms with Crippen LogP contribution in [-0.4, -0.2) is 10.5 Å². The maximum atomic E-state index is 6.00. The fraction of sp³-hybridized carbons (Fsp3) is 0.250. The average molecular weight is 244 g/mol. The summed E-state index contributed by atoms with van der Waals surface area (Å²) in [4.78, 5) is 0. The summed E-state index contributed by atoms with van der Waals surface area (Å²) in [6.07, 6.45) is 1.04. The molecule has 2 nitrogen and oxygen atoms in total. The van der Waals surface area contributed by atoms with Crippen LogP contribution in [0.1, 0.15) is 36.5 Å². The summed E-state index contributed by atoms with van der Waals surface area (Å²) in [7, 11) is 0. The van der Waals surface area contributed by atoms with Gasteiger partial charge in [-0.05, 0) is 29.0 Å². The van der Waals surface area contributed by atoms with Gasteiger partial charge in [-0.25, -0.2) is 0 Å². The lowest BCUT2D eigenvalue weighted by molar-refractivity contribution is -0.176. The molecule has 0 heterocycles. The molecule has 0 saturated heterocycles. The average Bonchev–Trinajstić information content (AvgIpc) is 2.42. The lowest BCUT2D eigenvalue weighted by atomic mass is 9.93. The fourth-order valence-corrected chi connectivity index (χ4v) is 2.07. The fourth-order valence-electron chi connectivity index (χ4n) is 2.07. The van der Waals surface area contributed by atoms with E-state index in [1.54, 1.807) is 0 Å². The second-order valence-corrected chi connectivity index (χ2v) is 4.52. The lowest BCUT2D eigenvalue weighted by Crippen LogP contribution is -1.97. The molecule has 2 N–H and O–H groups in total. The van der Waals surface area contributed by atoms with Crippen LogP contribution in [0.15, 0.2) is 54.6 Å². The molecule has 2 rings (SSSR count). The van der Waals surface area contributed by atoms with Crippen molar-refractivity contribution in [1.29, 1.82) is 0 Å². The smallest absolute Gasteiger partial charge is 0.00229 e. The molecule has 0 unspecified atom stereocenters. The zero-order valence-electron chi connectivity index (χ0n) is 10.9. The first-order chi connectivity index (χ1) is 8.77. The SMILES string of the molecule is CC(C)c1ccccc1Cc1ccccc1.OO. The molecule has 0 aliphatic carbocycles. The van der Waals surface area contributed by atoms with Crippen LogP contribution >= 0.6 is 0 Å². The Hall–Kier alpha value is -1.64. The Balaban J connectivity index is 0.000000771. The van der Waals surface area contributed by atoms with Gasteiger partial charge in [0.25, 0.3) is 0 Å². The van der Waals surface area contributed by atoms with Crippen LogP contribution in [0.5, 0.6) is 0 Å². The van der Waals surface area contributed by atoms with Gasteiger partial charge in [0.05, 0.1) is 0 Å². The normalized spacial score (nSPS) is 9.83. The van der Waals surface area contributed by atoms with E-state index in [9.17, 15) is 0 Å². The van der Waals surface area contributed by atoms with Crippen LogP contribution in [0.25, 0.3) is 0 Å². The predicted octanol–water partition coefficient (Wildman–Crippen LogP) is 4.42. The van der Waals surface area contributed by atoms with E-state index in [1.165, 1.54) is 16.7 Å². The molecule has 0 radical (unpaired) electrons. The van der Waals surface area contributed by atoms with E-state index in [0.717, 1.165) is 6.42 Å². The summed E-state index contributed by atoms with van der Waals surface area (Å²) in [5.74, 6) is 0.597. The molecule has 96 valence electrons. The van der Waals surface area contributed by atoms with E-state index in [-0.39, 0.29) is 0 Å². The van der Waals surface area contributed by atoms with Gasteiger partial charge in [-0.15, -0.1) is 0 Å². The summed E-state index contributed by atoms with van der Waals surface area (Å²) in [5.41, 5.74) is 4.30. The molecule has 18 heavy (non-hydrogen) atoms. The Morgan fingerprint density at radius 1 is 0.833 bits per heavy atom. The summed E-state index contributed by atoms with van der Waals surface area (Å²) >= 11 is 0. The van der Waals surface area contributed by atoms with E-state index >= 15 is 0 Å². The third-order valence-electron chi connectivity index (χ3n) is 2.91. The van der Waals surface area contributed by atoms with Gasteiger partial charge in [0.2, 0.25) is 0 Å². The first kappa shape index (κ1) is 14.4. The van der Waals surface area contributed by atoms with Crippen molar-refractivity contribution in [3.05, 3.63) is 71.3 Å². The topological polar surface area (TPSA) is 40.5 Å². The quantitative estimate of drug-likeness (QED) is 0.620. The molecule has 0 aromatic heterocycles. The van der Waals surface area contributed by atoms with E-state index in [2.05, 4.69) is 68.4 Å². The van der Waals surface area contributed by atoms with Crippen LogP contribution in [0.3, 0.4) is 0 Å². The highest BCUT2D eigenvalue weighted by molar-refractivity contribution is 5.34. The van der Waals surface area contributed by atoms with Crippen LogP contribution in [0.2, 0.25) is 0 Å². The molecule has 0 aliphatic heterocycles. The lowest BCUT2D eigenvalue weighted by Gasteiger charge is -2.12. The summed E-state index contributed by atoms with van der Waals surface area (Å²) in [6, 6.07) is 19.4. The van der Waals surface area contributed by atoms with Crippen molar-refractivity contribution in [3.8, 4) is 0 Å². The van der Waals surface area contributed by atoms with Crippen molar-refractivity contribution < 1.29 is 10.5 Å². The molecule has 0 fully saturated rings. The highest BCUT2D eigenvalue weighted by Gasteiger charge is 2.05. The van der Waals surface area contributed by atoms with Gasteiger partial charge in [-0.2, -0.15) is 0 Å². The Bertz CT molecular complexity index is 450. The van der Waals surface area contributed by atoms with Crippen molar-refractivity contribution >= 4 is 0 Å². The Morgan fingerprint density at radius 3 is 2.00 bits per heavy atom. The van der Waals surface area contributed by atoms with Crippen molar-refractivity contribution in [2.75, 3.05) is 0 Å². The second kappa shape index (κ2) is 7.64. The molecule has 2 heteroatoms. The van der Waals surface area contributed by atoms with Crippen molar-refractivity contribution in [2.24, 2.45) is 0 Å². The van der Waals surface area contributed by atoms with Gasteiger partial charge >= 0.3 is 0 Å². The molecule has 0 amide bonds. The van der Waals surface area contributed by atoms with E-state index in [1.807, 2.05) is 0 Å². The van der Waals surface area contributed by atoms with Crippen molar-refractivity contribution in [2.45, 2.75) is 26.2 Å². The van der Waals surface area contributed by atoms with E-state index in [4.69, 9.17) is 10.5 Å². The third kappa shape index (κ3) is 3.99. The molecular weight excluding hydrogens is 224 g/mol. The number of benzene rings is 2. The molecule has 0 aliphatic rings. The van der Waals surface area contributed by atoms with Gasteiger partial charge in [-0.1, -0.05) is 68.4 Å². The minimum absolute atomic E-state index is 0.597. The van der Waals surface area contributed by atoms with Crippen LogP contribution < -0.4 is 0 Å². The van der Waals surface area contributed by atoms with Gasteiger partial charge in [0.15, 0.2) is 0 Å². The minimum atomic E-state index is 0.597. The predicted molar refractivity (Wildman–Crippen MR) is 75.0 cm³/mol. The number of rotatable bonds is 3. The van der Waals surface area contributed by atoms with E-state index in [0.29, 0.717) is 5.92 Å². The summed E-state index contributed by atoms with van der Waals surface area (Å²) < 4.78 is 0. The molecule has 0 atom stereocenters. The number of hydrogen-bond acceptors (Lipinski definition) is 2. The largest absolute Gasteiger partial charge is 0.255 e. The molecule has 2 aromatic rings. The van der Waals surface area contributed by atoms with Crippen LogP contribution in [-0.2, 0) is 6.42 Å². The zero-order chi connectivity index (χ0) is 13.4. The first-order valence-corrected chi connectivity index (χ1v) is 6.09. The monoisotopic (exact) mass is 244 g/mol. The highest BCUT2D eigenvalue weighted by Crippen LogP contribution is 2.21.